The standard InChI is InChI=1S/C72H127NO18/c1-3-5-7-9-11-13-15-17-19-21-22-23-24-25-26-27-28-29-30-31-32-34-36-38-40-42-44-46-48-50-60(78)73-55(56(77)49-47-45-43-41-39-37-35-33-20-18-16-14-12-10-8-6-4-2)54-86-70-66(84)63(81)68(58(52-75)88-70)91-72-67(85)64(82)69(59(53-76)89-72)90-71-65(83)62(80)61(79)57(51-74)87-71/h15,17,20-22,24-25,33,39,41,47,49,55-59,61-72,74-77,79-85H,3-14,16,18-19,23,26-32,34-38,40,42-46,48,50-54H2,1-2H3,(H,73,78)/b17-15-,22-21-,25-24-,33-20+,41-39+,49-47+. The van der Waals surface area contributed by atoms with E-state index in [1.165, 1.54) is 154 Å². The van der Waals surface area contributed by atoms with Crippen molar-refractivity contribution in [2.45, 2.75) is 349 Å². The van der Waals surface area contributed by atoms with Gasteiger partial charge in [0.05, 0.1) is 38.6 Å². The molecular formula is C72H127NO18. The van der Waals surface area contributed by atoms with Gasteiger partial charge in [-0.15, -0.1) is 0 Å². The molecule has 528 valence electrons. The molecule has 3 heterocycles. The normalized spacial score (nSPS) is 28.3. The van der Waals surface area contributed by atoms with Gasteiger partial charge >= 0.3 is 0 Å². The summed E-state index contributed by atoms with van der Waals surface area (Å²) in [5.41, 5.74) is 0. The zero-order chi connectivity index (χ0) is 66.1. The van der Waals surface area contributed by atoms with Crippen LogP contribution in [0.15, 0.2) is 72.9 Å². The summed E-state index contributed by atoms with van der Waals surface area (Å²) in [6.45, 7) is 1.69. The van der Waals surface area contributed by atoms with E-state index in [0.717, 1.165) is 57.8 Å². The second-order valence-corrected chi connectivity index (χ2v) is 25.3. The summed E-state index contributed by atoms with van der Waals surface area (Å²) in [7, 11) is 0. The van der Waals surface area contributed by atoms with Crippen molar-refractivity contribution in [2.24, 2.45) is 0 Å². The lowest BCUT2D eigenvalue weighted by molar-refractivity contribution is -0.379. The number of nitrogens with one attached hydrogen (secondary N) is 1. The van der Waals surface area contributed by atoms with Gasteiger partial charge in [0.25, 0.3) is 0 Å². The Balaban J connectivity index is 1.42. The number of ether oxygens (including phenoxy) is 6. The lowest BCUT2D eigenvalue weighted by Crippen LogP contribution is -2.66. The van der Waals surface area contributed by atoms with Gasteiger partial charge in [-0.05, 0) is 83.5 Å². The third-order valence-electron chi connectivity index (χ3n) is 17.5. The molecule has 3 saturated heterocycles. The number of unbranched alkanes of at least 4 members (excludes halogenated alkanes) is 28. The molecule has 0 aromatic heterocycles. The second kappa shape index (κ2) is 53.4. The number of carbonyl (C=O) groups excluding carboxylic acids is 1. The van der Waals surface area contributed by atoms with Crippen molar-refractivity contribution < 1.29 is 89.4 Å². The Labute approximate surface area is 547 Å². The van der Waals surface area contributed by atoms with E-state index in [4.69, 9.17) is 28.4 Å². The first kappa shape index (κ1) is 82.5. The van der Waals surface area contributed by atoms with Gasteiger partial charge in [-0.3, -0.25) is 4.79 Å². The maximum Gasteiger partial charge on any atom is 0.220 e. The van der Waals surface area contributed by atoms with Crippen LogP contribution in [0.4, 0.5) is 0 Å². The van der Waals surface area contributed by atoms with Crippen molar-refractivity contribution in [1.82, 2.24) is 5.32 Å². The Morgan fingerprint density at radius 3 is 1.18 bits per heavy atom. The molecule has 0 aliphatic carbocycles. The molecule has 3 fully saturated rings. The van der Waals surface area contributed by atoms with Gasteiger partial charge in [-0.1, -0.05) is 228 Å². The SMILES string of the molecule is CCCCCCC/C=C\C/C=C\C/C=C\CCCCCCCCCCCCCCCCC(=O)NC(COC1OC(CO)C(OC2OC(CO)C(OC3OC(CO)C(O)C(O)C3O)C(O)C2O)C(O)C1O)C(O)/C=C/CC/C=C/CC/C=C/CCCCCCCCC. The van der Waals surface area contributed by atoms with E-state index in [0.29, 0.717) is 12.8 Å². The Morgan fingerprint density at radius 2 is 0.736 bits per heavy atom. The molecule has 19 heteroatoms. The fourth-order valence-electron chi connectivity index (χ4n) is 11.6. The Morgan fingerprint density at radius 1 is 0.396 bits per heavy atom. The predicted molar refractivity (Wildman–Crippen MR) is 355 cm³/mol. The fourth-order valence-corrected chi connectivity index (χ4v) is 11.6. The van der Waals surface area contributed by atoms with E-state index < -0.39 is 124 Å². The molecule has 17 atom stereocenters. The largest absolute Gasteiger partial charge is 0.394 e. The summed E-state index contributed by atoms with van der Waals surface area (Å²) in [6.07, 6.45) is 40.2. The summed E-state index contributed by atoms with van der Waals surface area (Å²) in [4.78, 5) is 13.4. The summed E-state index contributed by atoms with van der Waals surface area (Å²) >= 11 is 0. The molecule has 91 heavy (non-hydrogen) atoms. The molecule has 19 nitrogen and oxygen atoms in total. The monoisotopic (exact) mass is 1290 g/mol. The number of carbonyl (C=O) groups is 1. The van der Waals surface area contributed by atoms with Gasteiger partial charge in [-0.2, -0.15) is 0 Å². The maximum atomic E-state index is 13.4. The average molecular weight is 1290 g/mol. The highest BCUT2D eigenvalue weighted by Gasteiger charge is 2.53. The van der Waals surface area contributed by atoms with Crippen molar-refractivity contribution >= 4 is 5.91 Å². The van der Waals surface area contributed by atoms with Crippen LogP contribution in [0.25, 0.3) is 0 Å². The van der Waals surface area contributed by atoms with Crippen LogP contribution < -0.4 is 5.32 Å². The fraction of sp³-hybridized carbons (Fsp3) is 0.819. The third kappa shape index (κ3) is 35.2. The van der Waals surface area contributed by atoms with Crippen LogP contribution in [0.1, 0.15) is 245 Å². The first-order valence-electron chi connectivity index (χ1n) is 35.7. The van der Waals surface area contributed by atoms with Crippen LogP contribution in [0.3, 0.4) is 0 Å². The molecule has 3 rings (SSSR count). The minimum Gasteiger partial charge on any atom is -0.394 e. The number of allylic oxidation sites excluding steroid dienone is 11. The number of amides is 1. The van der Waals surface area contributed by atoms with Crippen LogP contribution >= 0.6 is 0 Å². The summed E-state index contributed by atoms with van der Waals surface area (Å²) in [5, 5.41) is 120. The molecule has 0 aromatic carbocycles. The van der Waals surface area contributed by atoms with E-state index in [2.05, 4.69) is 79.9 Å². The number of aliphatic hydroxyl groups excluding tert-OH is 11. The molecule has 0 saturated carbocycles. The number of hydrogen-bond acceptors (Lipinski definition) is 18. The number of rotatable bonds is 54. The van der Waals surface area contributed by atoms with Crippen molar-refractivity contribution in [1.29, 1.82) is 0 Å². The second-order valence-electron chi connectivity index (χ2n) is 25.3. The van der Waals surface area contributed by atoms with Gasteiger partial charge in [-0.25, -0.2) is 0 Å². The topological polar surface area (TPSA) is 307 Å². The molecule has 1 amide bonds. The average Bonchev–Trinajstić information content (AvgIpc) is 0.884. The maximum absolute atomic E-state index is 13.4. The van der Waals surface area contributed by atoms with Gasteiger partial charge < -0.3 is 89.9 Å². The Kier molecular flexibility index (Phi) is 48.4. The molecule has 0 spiro atoms. The zero-order valence-corrected chi connectivity index (χ0v) is 55.8. The number of hydrogen-bond donors (Lipinski definition) is 12. The van der Waals surface area contributed by atoms with Crippen molar-refractivity contribution in [3.05, 3.63) is 72.9 Å². The van der Waals surface area contributed by atoms with E-state index in [9.17, 15) is 61.0 Å². The lowest BCUT2D eigenvalue weighted by atomic mass is 9.96. The highest BCUT2D eigenvalue weighted by molar-refractivity contribution is 5.76. The molecule has 17 unspecified atom stereocenters. The molecule has 0 radical (unpaired) electrons. The highest BCUT2D eigenvalue weighted by atomic mass is 16.8. The van der Waals surface area contributed by atoms with Crippen LogP contribution in [0, 0.1) is 0 Å². The lowest BCUT2D eigenvalue weighted by Gasteiger charge is -2.48. The molecule has 3 aliphatic rings. The minimum atomic E-state index is -1.98. The smallest absolute Gasteiger partial charge is 0.220 e. The first-order chi connectivity index (χ1) is 44.3. The highest BCUT2D eigenvalue weighted by Crippen LogP contribution is 2.33. The minimum absolute atomic E-state index is 0.229. The summed E-state index contributed by atoms with van der Waals surface area (Å²) < 4.78 is 34.3. The van der Waals surface area contributed by atoms with Crippen LogP contribution in [0.5, 0.6) is 0 Å². The van der Waals surface area contributed by atoms with E-state index in [-0.39, 0.29) is 18.9 Å². The predicted octanol–water partition coefficient (Wildman–Crippen LogP) is 9.72. The quantitative estimate of drug-likeness (QED) is 0.0199. The third-order valence-corrected chi connectivity index (χ3v) is 17.5. The van der Waals surface area contributed by atoms with Gasteiger partial charge in [0.2, 0.25) is 5.91 Å². The van der Waals surface area contributed by atoms with Crippen molar-refractivity contribution in [3.8, 4) is 0 Å². The molecule has 0 aromatic rings. The Hall–Kier alpha value is -2.77. The van der Waals surface area contributed by atoms with E-state index in [1.54, 1.807) is 6.08 Å². The molecule has 3 aliphatic heterocycles. The Bertz CT molecular complexity index is 1930. The van der Waals surface area contributed by atoms with E-state index in [1.807, 2.05) is 6.08 Å². The van der Waals surface area contributed by atoms with Crippen LogP contribution in [-0.4, -0.2) is 193 Å². The van der Waals surface area contributed by atoms with Crippen LogP contribution in [-0.2, 0) is 33.2 Å². The van der Waals surface area contributed by atoms with Gasteiger partial charge in [0.15, 0.2) is 18.9 Å². The first-order valence-corrected chi connectivity index (χ1v) is 35.7. The van der Waals surface area contributed by atoms with E-state index >= 15 is 0 Å². The molecular weight excluding hydrogens is 1170 g/mol. The molecule has 12 N–H and O–H groups in total. The van der Waals surface area contributed by atoms with Crippen LogP contribution in [0.2, 0.25) is 0 Å². The van der Waals surface area contributed by atoms with Gasteiger partial charge in [0.1, 0.15) is 73.2 Å². The summed E-state index contributed by atoms with van der Waals surface area (Å²) in [5.74, 6) is -0.291. The van der Waals surface area contributed by atoms with Gasteiger partial charge in [0, 0.05) is 6.42 Å². The van der Waals surface area contributed by atoms with Crippen molar-refractivity contribution in [2.75, 3.05) is 26.4 Å². The number of aliphatic hydroxyl groups is 11. The van der Waals surface area contributed by atoms with Crippen molar-refractivity contribution in [3.63, 3.8) is 0 Å². The summed E-state index contributed by atoms with van der Waals surface area (Å²) in [6, 6.07) is -1.000. The zero-order valence-electron chi connectivity index (χ0n) is 55.8. The molecule has 0 bridgehead atoms.